The molecule has 1 aliphatic heterocycles. The average molecular weight is 268 g/mol. The quantitative estimate of drug-likeness (QED) is 0.844. The molecule has 0 saturated carbocycles. The van der Waals surface area contributed by atoms with E-state index in [1.807, 2.05) is 12.1 Å². The van der Waals surface area contributed by atoms with Crippen molar-refractivity contribution in [2.45, 2.75) is 32.7 Å². The first kappa shape index (κ1) is 13.5. The third-order valence-corrected chi connectivity index (χ3v) is 4.58. The molecule has 0 unspecified atom stereocenters. The lowest BCUT2D eigenvalue weighted by atomic mass is 9.87. The molecule has 1 heterocycles. The van der Waals surface area contributed by atoms with Gasteiger partial charge in [-0.3, -0.25) is 0 Å². The van der Waals surface area contributed by atoms with Gasteiger partial charge < -0.3 is 0 Å². The van der Waals surface area contributed by atoms with Crippen LogP contribution < -0.4 is 4.72 Å². The van der Waals surface area contributed by atoms with Gasteiger partial charge in [-0.25, -0.2) is 0 Å². The minimum absolute atomic E-state index is 0.123. The lowest BCUT2D eigenvalue weighted by Crippen LogP contribution is -2.29. The fourth-order valence-corrected chi connectivity index (χ4v) is 2.76. The van der Waals surface area contributed by atoms with Crippen molar-refractivity contribution in [3.63, 3.8) is 0 Å². The average Bonchev–Trinajstić information content (AvgIpc) is 3.10. The van der Waals surface area contributed by atoms with E-state index in [0.29, 0.717) is 19.6 Å². The molecule has 100 valence electrons. The van der Waals surface area contributed by atoms with Crippen LogP contribution in [0, 0.1) is 0 Å². The third-order valence-electron chi connectivity index (χ3n) is 3.02. The summed E-state index contributed by atoms with van der Waals surface area (Å²) >= 11 is 0. The maximum atomic E-state index is 11.6. The number of benzene rings is 1. The molecular weight excluding hydrogens is 248 g/mol. The molecule has 0 aromatic heterocycles. The normalized spacial score (nSPS) is 16.8. The van der Waals surface area contributed by atoms with Gasteiger partial charge in [-0.15, -0.1) is 0 Å². The van der Waals surface area contributed by atoms with Crippen LogP contribution in [-0.4, -0.2) is 25.8 Å². The number of hydrogen-bond acceptors (Lipinski definition) is 2. The second-order valence-electron chi connectivity index (χ2n) is 5.67. The Morgan fingerprint density at radius 2 is 1.72 bits per heavy atom. The molecule has 1 fully saturated rings. The van der Waals surface area contributed by atoms with E-state index in [9.17, 15) is 8.42 Å². The topological polar surface area (TPSA) is 49.2 Å². The minimum atomic E-state index is -3.24. The molecule has 1 saturated heterocycles. The Bertz CT molecular complexity index is 511. The first-order valence-corrected chi connectivity index (χ1v) is 7.57. The van der Waals surface area contributed by atoms with Crippen LogP contribution >= 0.6 is 0 Å². The maximum Gasteiger partial charge on any atom is 0.279 e. The molecule has 2 rings (SSSR count). The fraction of sp³-hybridized carbons (Fsp3) is 0.538. The summed E-state index contributed by atoms with van der Waals surface area (Å²) in [5.74, 6) is 0. The second-order valence-corrected chi connectivity index (χ2v) is 7.43. The van der Waals surface area contributed by atoms with Gasteiger partial charge in [0.2, 0.25) is 0 Å². The van der Waals surface area contributed by atoms with E-state index in [1.165, 1.54) is 9.87 Å². The highest BCUT2D eigenvalue weighted by atomic mass is 32.2. The lowest BCUT2D eigenvalue weighted by Gasteiger charge is -2.19. The molecule has 0 bridgehead atoms. The first-order chi connectivity index (χ1) is 8.29. The predicted octanol–water partition coefficient (Wildman–Crippen LogP) is 1.63. The summed E-state index contributed by atoms with van der Waals surface area (Å²) in [7, 11) is -3.24. The third kappa shape index (κ3) is 3.31. The lowest BCUT2D eigenvalue weighted by molar-refractivity contribution is 0.546. The van der Waals surface area contributed by atoms with Gasteiger partial charge in [0.1, 0.15) is 0 Å². The van der Waals surface area contributed by atoms with E-state index < -0.39 is 10.2 Å². The van der Waals surface area contributed by atoms with E-state index >= 15 is 0 Å². The van der Waals surface area contributed by atoms with Crippen molar-refractivity contribution < 1.29 is 8.42 Å². The van der Waals surface area contributed by atoms with E-state index in [-0.39, 0.29) is 5.41 Å². The molecule has 18 heavy (non-hydrogen) atoms. The van der Waals surface area contributed by atoms with Crippen LogP contribution in [0.25, 0.3) is 0 Å². The van der Waals surface area contributed by atoms with E-state index in [4.69, 9.17) is 0 Å². The van der Waals surface area contributed by atoms with Gasteiger partial charge in [0.25, 0.3) is 10.2 Å². The molecule has 0 spiro atoms. The Balaban J connectivity index is 1.98. The van der Waals surface area contributed by atoms with Gasteiger partial charge in [-0.2, -0.15) is 17.4 Å². The highest BCUT2D eigenvalue weighted by Crippen LogP contribution is 2.22. The Kier molecular flexibility index (Phi) is 3.49. The molecule has 1 N–H and O–H groups in total. The molecule has 0 aliphatic carbocycles. The van der Waals surface area contributed by atoms with Gasteiger partial charge in [0.15, 0.2) is 0 Å². The van der Waals surface area contributed by atoms with Crippen molar-refractivity contribution >= 4 is 10.2 Å². The molecule has 5 heteroatoms. The van der Waals surface area contributed by atoms with Gasteiger partial charge >= 0.3 is 0 Å². The van der Waals surface area contributed by atoms with Gasteiger partial charge in [0, 0.05) is 19.6 Å². The van der Waals surface area contributed by atoms with E-state index in [1.54, 1.807) is 0 Å². The number of nitrogens with zero attached hydrogens (tertiary/aromatic N) is 1. The molecular formula is C13H20N2O2S. The van der Waals surface area contributed by atoms with Crippen LogP contribution in [0.4, 0.5) is 0 Å². The molecule has 0 amide bonds. The largest absolute Gasteiger partial charge is 0.279 e. The van der Waals surface area contributed by atoms with E-state index in [0.717, 1.165) is 5.56 Å². The molecule has 4 nitrogen and oxygen atoms in total. The minimum Gasteiger partial charge on any atom is -0.198 e. The zero-order valence-corrected chi connectivity index (χ0v) is 11.9. The molecule has 0 radical (unpaired) electrons. The zero-order valence-electron chi connectivity index (χ0n) is 11.1. The Morgan fingerprint density at radius 1 is 1.17 bits per heavy atom. The number of nitrogens with one attached hydrogen (secondary N) is 1. The van der Waals surface area contributed by atoms with Crippen molar-refractivity contribution in [3.8, 4) is 0 Å². The summed E-state index contributed by atoms with van der Waals surface area (Å²) < 4.78 is 27.2. The van der Waals surface area contributed by atoms with Crippen LogP contribution in [0.3, 0.4) is 0 Å². The van der Waals surface area contributed by atoms with Gasteiger partial charge in [-0.1, -0.05) is 45.0 Å². The van der Waals surface area contributed by atoms with Crippen molar-refractivity contribution in [2.24, 2.45) is 0 Å². The van der Waals surface area contributed by atoms with E-state index in [2.05, 4.69) is 37.6 Å². The predicted molar refractivity (Wildman–Crippen MR) is 72.5 cm³/mol. The Hall–Kier alpha value is -0.910. The SMILES string of the molecule is CC(C)(C)c1ccc(CNS(=O)(=O)N2CC2)cc1. The molecule has 1 aromatic rings. The second kappa shape index (κ2) is 4.64. The summed E-state index contributed by atoms with van der Waals surface area (Å²) in [6.07, 6.45) is 0. The standard InChI is InChI=1S/C13H20N2O2S/c1-13(2,3)12-6-4-11(5-7-12)10-14-18(16,17)15-8-9-15/h4-7,14H,8-10H2,1-3H3. The van der Waals surface area contributed by atoms with Crippen molar-refractivity contribution in [1.29, 1.82) is 0 Å². The highest BCUT2D eigenvalue weighted by molar-refractivity contribution is 7.87. The fourth-order valence-electron chi connectivity index (χ4n) is 1.67. The van der Waals surface area contributed by atoms with Crippen molar-refractivity contribution in [1.82, 2.24) is 9.03 Å². The monoisotopic (exact) mass is 268 g/mol. The smallest absolute Gasteiger partial charge is 0.198 e. The van der Waals surface area contributed by atoms with Crippen LogP contribution in [0.1, 0.15) is 31.9 Å². The summed E-state index contributed by atoms with van der Waals surface area (Å²) in [5, 5.41) is 0. The molecule has 0 atom stereocenters. The Morgan fingerprint density at radius 3 is 2.17 bits per heavy atom. The van der Waals surface area contributed by atoms with Crippen molar-refractivity contribution in [3.05, 3.63) is 35.4 Å². The number of rotatable bonds is 4. The van der Waals surface area contributed by atoms with Crippen LogP contribution in [0.5, 0.6) is 0 Å². The molecule has 1 aliphatic rings. The first-order valence-electron chi connectivity index (χ1n) is 6.13. The molecule has 1 aromatic carbocycles. The Labute approximate surface area is 109 Å². The summed E-state index contributed by atoms with van der Waals surface area (Å²) in [6.45, 7) is 8.10. The summed E-state index contributed by atoms with van der Waals surface area (Å²) in [6, 6.07) is 8.07. The zero-order chi connectivity index (χ0) is 13.4. The van der Waals surface area contributed by atoms with Gasteiger partial charge in [0.05, 0.1) is 0 Å². The van der Waals surface area contributed by atoms with Crippen LogP contribution in [-0.2, 0) is 22.2 Å². The highest BCUT2D eigenvalue weighted by Gasteiger charge is 2.31. The summed E-state index contributed by atoms with van der Waals surface area (Å²) in [4.78, 5) is 0. The summed E-state index contributed by atoms with van der Waals surface area (Å²) in [5.41, 5.74) is 2.35. The maximum absolute atomic E-state index is 11.6. The van der Waals surface area contributed by atoms with Crippen molar-refractivity contribution in [2.75, 3.05) is 13.1 Å². The van der Waals surface area contributed by atoms with Crippen LogP contribution in [0.15, 0.2) is 24.3 Å². The van der Waals surface area contributed by atoms with Crippen LogP contribution in [0.2, 0.25) is 0 Å². The van der Waals surface area contributed by atoms with Gasteiger partial charge in [-0.05, 0) is 16.5 Å². The number of hydrogen-bond donors (Lipinski definition) is 1.